The summed E-state index contributed by atoms with van der Waals surface area (Å²) in [5, 5.41) is 0. The van der Waals surface area contributed by atoms with E-state index < -0.39 is 14.4 Å². The summed E-state index contributed by atoms with van der Waals surface area (Å²) in [5.74, 6) is 0. The lowest BCUT2D eigenvalue weighted by Crippen LogP contribution is -2.78. The Balaban J connectivity index is 2.41. The largest absolute Gasteiger partial charge is 0.343 e. The van der Waals surface area contributed by atoms with Crippen LogP contribution in [0.1, 0.15) is 0 Å². The number of hydrogen-bond acceptors (Lipinski definition) is 4. The van der Waals surface area contributed by atoms with Crippen LogP contribution in [-0.4, -0.2) is 87.1 Å². The first-order valence-electron chi connectivity index (χ1n) is 5.58. The Labute approximate surface area is 109 Å². The van der Waals surface area contributed by atoms with Gasteiger partial charge in [0.15, 0.2) is 0 Å². The van der Waals surface area contributed by atoms with Gasteiger partial charge in [-0.3, -0.25) is 0 Å². The molecule has 2 aliphatic heterocycles. The SMILES string of the molecule is CN1CCN(C)[Si]1(Cl)[Si]1(Cl)N(C)CCN1C. The molecule has 0 saturated carbocycles. The Morgan fingerprint density at radius 3 is 1.00 bits per heavy atom. The highest BCUT2D eigenvalue weighted by Gasteiger charge is 2.70. The first-order chi connectivity index (χ1) is 7.35. The lowest BCUT2D eigenvalue weighted by Gasteiger charge is -2.46. The van der Waals surface area contributed by atoms with Gasteiger partial charge < -0.3 is 18.3 Å². The van der Waals surface area contributed by atoms with E-state index in [9.17, 15) is 0 Å². The van der Waals surface area contributed by atoms with Gasteiger partial charge in [0.05, 0.1) is 0 Å². The fraction of sp³-hybridized carbons (Fsp3) is 1.00. The molecule has 0 atom stereocenters. The molecule has 0 aliphatic carbocycles. The van der Waals surface area contributed by atoms with Gasteiger partial charge in [-0.1, -0.05) is 0 Å². The monoisotopic (exact) mass is 298 g/mol. The van der Waals surface area contributed by atoms with Crippen LogP contribution in [0.2, 0.25) is 0 Å². The predicted octanol–water partition coefficient (Wildman–Crippen LogP) is 0.175. The molecular formula is C8H20Cl2N4Si2. The molecule has 0 amide bonds. The van der Waals surface area contributed by atoms with Gasteiger partial charge in [0.25, 0.3) is 0 Å². The zero-order valence-corrected chi connectivity index (χ0v) is 13.9. The molecule has 2 rings (SSSR count). The predicted molar refractivity (Wildman–Crippen MR) is 73.7 cm³/mol. The van der Waals surface area contributed by atoms with Gasteiger partial charge in [-0.25, -0.2) is 0 Å². The van der Waals surface area contributed by atoms with E-state index in [-0.39, 0.29) is 0 Å². The molecule has 2 aliphatic rings. The van der Waals surface area contributed by atoms with Crippen molar-refractivity contribution in [1.82, 2.24) is 18.3 Å². The fourth-order valence-corrected chi connectivity index (χ4v) is 20.8. The molecular weight excluding hydrogens is 279 g/mol. The normalized spacial score (nSPS) is 32.6. The molecule has 0 bridgehead atoms. The summed E-state index contributed by atoms with van der Waals surface area (Å²) in [6.07, 6.45) is 0. The van der Waals surface area contributed by atoms with E-state index in [2.05, 4.69) is 46.5 Å². The molecule has 2 saturated heterocycles. The highest BCUT2D eigenvalue weighted by atomic mass is 35.6. The Kier molecular flexibility index (Phi) is 3.49. The van der Waals surface area contributed by atoms with Gasteiger partial charge in [0, 0.05) is 26.2 Å². The summed E-state index contributed by atoms with van der Waals surface area (Å²) in [4.78, 5) is 0. The second-order valence-corrected chi connectivity index (χ2v) is 19.5. The molecule has 4 nitrogen and oxygen atoms in total. The smallest absolute Gasteiger partial charge is 0.301 e. The number of halogens is 2. The average molecular weight is 299 g/mol. The fourth-order valence-electron chi connectivity index (χ4n) is 2.75. The van der Waals surface area contributed by atoms with Gasteiger partial charge in [-0.2, -0.15) is 0 Å². The van der Waals surface area contributed by atoms with Crippen LogP contribution in [0.3, 0.4) is 0 Å². The first kappa shape index (κ1) is 13.3. The van der Waals surface area contributed by atoms with Crippen molar-refractivity contribution in [3.63, 3.8) is 0 Å². The van der Waals surface area contributed by atoms with Crippen LogP contribution in [0, 0.1) is 0 Å². The second kappa shape index (κ2) is 4.20. The number of nitrogens with zero attached hydrogens (tertiary/aromatic N) is 4. The van der Waals surface area contributed by atoms with E-state index in [1.54, 1.807) is 0 Å². The summed E-state index contributed by atoms with van der Waals surface area (Å²) >= 11 is 14.1. The minimum absolute atomic E-state index is 1.04. The van der Waals surface area contributed by atoms with Crippen LogP contribution in [0.25, 0.3) is 0 Å². The van der Waals surface area contributed by atoms with Crippen molar-refractivity contribution < 1.29 is 0 Å². The van der Waals surface area contributed by atoms with E-state index in [0.717, 1.165) is 26.2 Å². The Bertz CT molecular complexity index is 245. The van der Waals surface area contributed by atoms with Gasteiger partial charge >= 0.3 is 14.4 Å². The summed E-state index contributed by atoms with van der Waals surface area (Å²) in [6, 6.07) is 0. The van der Waals surface area contributed by atoms with Crippen molar-refractivity contribution in [3.8, 4) is 0 Å². The van der Waals surface area contributed by atoms with Crippen molar-refractivity contribution >= 4 is 36.6 Å². The maximum atomic E-state index is 7.05. The first-order valence-corrected chi connectivity index (χ1v) is 12.4. The molecule has 0 aromatic rings. The minimum atomic E-state index is -2.22. The zero-order chi connectivity index (χ0) is 12.1. The molecule has 2 heterocycles. The summed E-state index contributed by atoms with van der Waals surface area (Å²) < 4.78 is 9.30. The van der Waals surface area contributed by atoms with E-state index in [4.69, 9.17) is 22.2 Å². The molecule has 8 heteroatoms. The second-order valence-electron chi connectivity index (χ2n) is 4.86. The van der Waals surface area contributed by atoms with Crippen LogP contribution in [0.15, 0.2) is 0 Å². The molecule has 2 fully saturated rings. The van der Waals surface area contributed by atoms with Crippen molar-refractivity contribution in [2.45, 2.75) is 0 Å². The van der Waals surface area contributed by atoms with E-state index in [1.165, 1.54) is 0 Å². The van der Waals surface area contributed by atoms with Crippen LogP contribution in [0.5, 0.6) is 0 Å². The number of hydrogen-bond donors (Lipinski definition) is 0. The van der Waals surface area contributed by atoms with Crippen molar-refractivity contribution in [1.29, 1.82) is 0 Å². The Hall–Kier alpha value is 0.854. The molecule has 0 unspecified atom stereocenters. The van der Waals surface area contributed by atoms with Gasteiger partial charge in [0.1, 0.15) is 0 Å². The molecule has 0 spiro atoms. The molecule has 0 aromatic carbocycles. The third-order valence-corrected chi connectivity index (χ3v) is 25.8. The molecule has 94 valence electrons. The Morgan fingerprint density at radius 2 is 0.812 bits per heavy atom. The zero-order valence-electron chi connectivity index (χ0n) is 10.4. The van der Waals surface area contributed by atoms with Crippen molar-refractivity contribution in [3.05, 3.63) is 0 Å². The van der Waals surface area contributed by atoms with Crippen molar-refractivity contribution in [2.75, 3.05) is 54.4 Å². The van der Waals surface area contributed by atoms with Crippen LogP contribution >= 0.6 is 22.2 Å². The highest BCUT2D eigenvalue weighted by molar-refractivity contribution is 7.68. The van der Waals surface area contributed by atoms with E-state index in [1.807, 2.05) is 0 Å². The van der Waals surface area contributed by atoms with Gasteiger partial charge in [-0.15, -0.1) is 22.2 Å². The van der Waals surface area contributed by atoms with E-state index in [0.29, 0.717) is 0 Å². The maximum absolute atomic E-state index is 7.05. The lowest BCUT2D eigenvalue weighted by molar-refractivity contribution is 0.553. The topological polar surface area (TPSA) is 13.0 Å². The van der Waals surface area contributed by atoms with Crippen LogP contribution in [-0.2, 0) is 0 Å². The third kappa shape index (κ3) is 1.48. The van der Waals surface area contributed by atoms with Crippen LogP contribution < -0.4 is 0 Å². The lowest BCUT2D eigenvalue weighted by atomic mass is 10.6. The van der Waals surface area contributed by atoms with Crippen molar-refractivity contribution in [2.24, 2.45) is 0 Å². The number of likely N-dealkylation sites (N-methyl/N-ethyl adjacent to an activating group) is 4. The minimum Gasteiger partial charge on any atom is -0.301 e. The molecule has 0 radical (unpaired) electrons. The quantitative estimate of drug-likeness (QED) is 0.506. The van der Waals surface area contributed by atoms with Gasteiger partial charge in [-0.05, 0) is 28.2 Å². The average Bonchev–Trinajstić information content (AvgIpc) is 2.66. The summed E-state index contributed by atoms with van der Waals surface area (Å²) in [7, 11) is 4.07. The highest BCUT2D eigenvalue weighted by Crippen LogP contribution is 2.40. The molecule has 16 heavy (non-hydrogen) atoms. The summed E-state index contributed by atoms with van der Waals surface area (Å²) in [5.41, 5.74) is 0. The van der Waals surface area contributed by atoms with E-state index >= 15 is 0 Å². The molecule has 0 N–H and O–H groups in total. The molecule has 0 aromatic heterocycles. The summed E-state index contributed by atoms with van der Waals surface area (Å²) in [6.45, 7) is 4.15. The third-order valence-electron chi connectivity index (χ3n) is 3.97. The maximum Gasteiger partial charge on any atom is 0.343 e. The number of rotatable bonds is 1. The van der Waals surface area contributed by atoms with Gasteiger partial charge in [0.2, 0.25) is 0 Å². The Morgan fingerprint density at radius 1 is 0.625 bits per heavy atom. The standard InChI is InChI=1S/C8H20Cl2N4Si2/c1-11-5-6-12(2)15(11,9)16(10)13(3)7-8-14(16)4/h5-8H2,1-4H3. The van der Waals surface area contributed by atoms with Crippen LogP contribution in [0.4, 0.5) is 0 Å².